The fraction of sp³-hybridized carbons (Fsp3) is 0.917. The van der Waals surface area contributed by atoms with Crippen LogP contribution in [0.3, 0.4) is 0 Å². The predicted octanol–water partition coefficient (Wildman–Crippen LogP) is -9.51. The third-order valence-corrected chi connectivity index (χ3v) is 21.0. The molecule has 14 bridgehead atoms. The molecule has 576 valence electrons. The number of carbonyl (C=O) groups is 1. The number of aliphatic hydroxyl groups is 19. The van der Waals surface area contributed by atoms with E-state index in [9.17, 15) is 102 Å². The van der Waals surface area contributed by atoms with E-state index in [0.29, 0.717) is 36.4 Å². The van der Waals surface area contributed by atoms with E-state index in [-0.39, 0.29) is 36.1 Å². The second kappa shape index (κ2) is 38.5. The molecule has 1 amide bonds. The molecule has 100 heavy (non-hydrogen) atoms. The highest BCUT2D eigenvalue weighted by atomic mass is 32.2. The first-order valence-corrected chi connectivity index (χ1v) is 36.0. The Morgan fingerprint density at radius 2 is 0.700 bits per heavy atom. The molecule has 1 aromatic rings. The van der Waals surface area contributed by atoms with Gasteiger partial charge in [-0.05, 0) is 31.4 Å². The first kappa shape index (κ1) is 81.8. The summed E-state index contributed by atoms with van der Waals surface area (Å²) in [4.78, 5) is 19.4. The first-order chi connectivity index (χ1) is 48.0. The molecule has 0 radical (unpaired) electrons. The van der Waals surface area contributed by atoms with Gasteiger partial charge in [-0.3, -0.25) is 4.79 Å². The number of nitrogens with zero attached hydrogens (tertiary/aromatic N) is 1. The lowest BCUT2D eigenvalue weighted by molar-refractivity contribution is -0.395. The van der Waals surface area contributed by atoms with Gasteiger partial charge in [0.25, 0.3) is 0 Å². The van der Waals surface area contributed by atoms with Crippen LogP contribution < -0.4 is 5.32 Å². The lowest BCUT2D eigenvalue weighted by Crippen LogP contribution is -2.68. The molecule has 21 aliphatic rings. The number of aromatic nitrogens is 2. The summed E-state index contributed by atoms with van der Waals surface area (Å²) >= 11 is 2.36. The second-order valence-corrected chi connectivity index (χ2v) is 28.2. The SMILES string of the molecule is CCCCCCCC(=N)CCCSCC1OC2OC3C(CO)OC(OC4C(CO)OC(OC5C(CSCCNC(=O)Cc6cnc[nH]6)OC(OC6C(CO)OC(OC7C(CO)OC(OC8C(CO)OC(OC1C(O)C2O)C(O)C8O)C(O)C7O)C(O)C6O)C(O)C5O)C(O)C4O)C(O)C3O. The molecule has 21 fully saturated rings. The summed E-state index contributed by atoms with van der Waals surface area (Å²) in [6.07, 6.45) is -59.2. The summed E-state index contributed by atoms with van der Waals surface area (Å²) in [5, 5.41) is 229. The monoisotopic (exact) mass is 1480 g/mol. The van der Waals surface area contributed by atoms with Crippen molar-refractivity contribution < 1.29 is 168 Å². The van der Waals surface area contributed by atoms with Crippen molar-refractivity contribution in [1.29, 1.82) is 5.41 Å². The number of nitrogens with one attached hydrogen (secondary N) is 3. The first-order valence-electron chi connectivity index (χ1n) is 33.7. The number of hydrogen-bond acceptors (Lipinski definition) is 38. The fourth-order valence-electron chi connectivity index (χ4n) is 13.1. The summed E-state index contributed by atoms with van der Waals surface area (Å²) in [5.41, 5.74) is 1.08. The summed E-state index contributed by atoms with van der Waals surface area (Å²) in [7, 11) is 0. The maximum Gasteiger partial charge on any atom is 0.226 e. The van der Waals surface area contributed by atoms with Gasteiger partial charge in [0.2, 0.25) is 5.91 Å². The molecule has 0 spiro atoms. The van der Waals surface area contributed by atoms with E-state index in [0.717, 1.165) is 43.9 Å². The Morgan fingerprint density at radius 3 is 1.00 bits per heavy atom. The van der Waals surface area contributed by atoms with E-state index in [1.165, 1.54) is 24.3 Å². The fourth-order valence-corrected chi connectivity index (χ4v) is 15.1. The molecule has 0 aromatic carbocycles. The number of thioether (sulfide) groups is 2. The van der Waals surface area contributed by atoms with Crippen LogP contribution in [0.4, 0.5) is 0 Å². The van der Waals surface area contributed by atoms with Gasteiger partial charge in [0, 0.05) is 41.4 Å². The Hall–Kier alpha value is -2.27. The molecule has 21 aliphatic heterocycles. The number of aromatic amines is 1. The van der Waals surface area contributed by atoms with Gasteiger partial charge in [0.1, 0.15) is 159 Å². The standard InChI is InChI=1S/C60H100N4O34S2/c1-2-3-4-5-6-8-23(61)9-7-11-99-20-30-52-38(76)45(83)59(90-30)95-50-28(18-68)86-56(41(79)34(50)72)94-49-27(17-67)89-58(44(82)37(49)75)98-53-31(21-100-12-10-63-32(70)13-24-14-62-22-64-24)91-60(46(84)39(53)77)96-51-29(19-69)87-55(42(80)35(51)73)92-47-25(15-65)85-54(40(78)33(47)71)93-48-26(16-66)88-57(97-52)43(81)36(48)74/h14,22,25-31,33-61,65-69,71-84H,2-13,15-21H2,1H3,(H,62,64)(H,63,70). The van der Waals surface area contributed by atoms with Crippen LogP contribution in [0.5, 0.6) is 0 Å². The van der Waals surface area contributed by atoms with E-state index < -0.39 is 248 Å². The van der Waals surface area contributed by atoms with Crippen LogP contribution >= 0.6 is 23.5 Å². The Labute approximate surface area is 582 Å². The molecule has 35 atom stereocenters. The molecular weight excluding hydrogens is 1380 g/mol. The van der Waals surface area contributed by atoms with Crippen molar-refractivity contribution in [1.82, 2.24) is 15.3 Å². The number of aliphatic hydroxyl groups excluding tert-OH is 19. The largest absolute Gasteiger partial charge is 0.394 e. The summed E-state index contributed by atoms with van der Waals surface area (Å²) in [5.74, 6) is -0.0800. The number of rotatable bonds is 24. The lowest BCUT2D eigenvalue weighted by atomic mass is 9.95. The molecule has 40 heteroatoms. The van der Waals surface area contributed by atoms with Crippen LogP contribution in [0.25, 0.3) is 0 Å². The molecule has 22 N–H and O–H groups in total. The van der Waals surface area contributed by atoms with E-state index in [1.807, 2.05) is 0 Å². The van der Waals surface area contributed by atoms with Gasteiger partial charge < -0.3 is 179 Å². The normalized spacial score (nSPS) is 45.3. The molecule has 1 aromatic heterocycles. The number of imidazole rings is 1. The highest BCUT2D eigenvalue weighted by Crippen LogP contribution is 2.40. The van der Waals surface area contributed by atoms with E-state index in [1.54, 1.807) is 0 Å². The van der Waals surface area contributed by atoms with Crippen molar-refractivity contribution in [3.8, 4) is 0 Å². The number of carbonyl (C=O) groups excluding carboxylic acids is 1. The van der Waals surface area contributed by atoms with E-state index in [2.05, 4.69) is 22.2 Å². The van der Waals surface area contributed by atoms with Crippen molar-refractivity contribution in [3.63, 3.8) is 0 Å². The zero-order valence-corrected chi connectivity index (χ0v) is 56.3. The van der Waals surface area contributed by atoms with Crippen LogP contribution in [0.2, 0.25) is 0 Å². The summed E-state index contributed by atoms with van der Waals surface area (Å²) < 4.78 is 83.6. The number of hydrogen-bond donors (Lipinski definition) is 22. The van der Waals surface area contributed by atoms with Crippen LogP contribution in [0.15, 0.2) is 12.5 Å². The van der Waals surface area contributed by atoms with Gasteiger partial charge in [-0.25, -0.2) is 4.98 Å². The average molecular weight is 1490 g/mol. The zero-order chi connectivity index (χ0) is 72.2. The number of H-pyrrole nitrogens is 1. The highest BCUT2D eigenvalue weighted by molar-refractivity contribution is 7.99. The van der Waals surface area contributed by atoms with Gasteiger partial charge in [0.15, 0.2) is 44.0 Å². The van der Waals surface area contributed by atoms with Gasteiger partial charge in [-0.2, -0.15) is 23.5 Å². The molecular formula is C60H100N4O34S2. The van der Waals surface area contributed by atoms with Crippen LogP contribution in [0.1, 0.15) is 64.0 Å². The third-order valence-electron chi connectivity index (χ3n) is 18.8. The topological polar surface area (TPSA) is 595 Å². The van der Waals surface area contributed by atoms with Crippen molar-refractivity contribution in [2.24, 2.45) is 0 Å². The van der Waals surface area contributed by atoms with Crippen LogP contribution in [0, 0.1) is 5.41 Å². The molecule has 22 heterocycles. The molecule has 21 saturated heterocycles. The second-order valence-electron chi connectivity index (χ2n) is 25.9. The minimum Gasteiger partial charge on any atom is -0.394 e. The predicted molar refractivity (Wildman–Crippen MR) is 335 cm³/mol. The van der Waals surface area contributed by atoms with Crippen LogP contribution in [-0.2, 0) is 77.5 Å². The van der Waals surface area contributed by atoms with Gasteiger partial charge in [-0.15, -0.1) is 0 Å². The Bertz CT molecular complexity index is 2590. The van der Waals surface area contributed by atoms with E-state index in [4.69, 9.17) is 71.7 Å². The van der Waals surface area contributed by atoms with Gasteiger partial charge in [-0.1, -0.05) is 32.6 Å². The third kappa shape index (κ3) is 19.5. The summed E-state index contributed by atoms with van der Waals surface area (Å²) in [6.45, 7) is -2.98. The highest BCUT2D eigenvalue weighted by Gasteiger charge is 2.60. The minimum absolute atomic E-state index is 0.0306. The maximum absolute atomic E-state index is 12.7. The Kier molecular flexibility index (Phi) is 31.5. The smallest absolute Gasteiger partial charge is 0.226 e. The van der Waals surface area contributed by atoms with Gasteiger partial charge in [0.05, 0.1) is 58.0 Å². The van der Waals surface area contributed by atoms with Crippen molar-refractivity contribution >= 4 is 35.1 Å². The maximum atomic E-state index is 12.7. The van der Waals surface area contributed by atoms with Crippen molar-refractivity contribution in [3.05, 3.63) is 18.2 Å². The van der Waals surface area contributed by atoms with Crippen molar-refractivity contribution in [2.45, 2.75) is 280 Å². The average Bonchev–Trinajstić information content (AvgIpc) is 1.03. The number of ether oxygens (including phenoxy) is 14. The molecule has 0 aliphatic carbocycles. The molecule has 35 unspecified atom stereocenters. The van der Waals surface area contributed by atoms with Gasteiger partial charge >= 0.3 is 0 Å². The lowest BCUT2D eigenvalue weighted by Gasteiger charge is -2.50. The van der Waals surface area contributed by atoms with Crippen molar-refractivity contribution in [2.75, 3.05) is 62.6 Å². The summed E-state index contributed by atoms with van der Waals surface area (Å²) in [6, 6.07) is 0. The zero-order valence-electron chi connectivity index (χ0n) is 54.7. The number of amides is 1. The quantitative estimate of drug-likeness (QED) is 0.0338. The van der Waals surface area contributed by atoms with Crippen LogP contribution in [-0.4, -0.2) is 396 Å². The Balaban J connectivity index is 0.985. The number of unbranched alkanes of at least 4 members (excludes halogenated alkanes) is 4. The minimum atomic E-state index is -2.21. The van der Waals surface area contributed by atoms with E-state index >= 15 is 0 Å². The molecule has 0 saturated carbocycles. The molecule has 38 nitrogen and oxygen atoms in total. The Morgan fingerprint density at radius 1 is 0.410 bits per heavy atom. The molecule has 22 rings (SSSR count).